The summed E-state index contributed by atoms with van der Waals surface area (Å²) in [7, 11) is -2.07. The minimum absolute atomic E-state index is 0.492. The normalized spacial score (nSPS) is 11.9. The lowest BCUT2D eigenvalue weighted by molar-refractivity contribution is -0.205. The molecule has 3 rings (SSSR count). The number of hydrogen-bond donors (Lipinski definition) is 1. The van der Waals surface area contributed by atoms with E-state index in [4.69, 9.17) is 14.2 Å². The minimum atomic E-state index is -2.07. The molecule has 3 aromatic carbocycles. The van der Waals surface area contributed by atoms with Crippen LogP contribution in [0.25, 0.3) is 0 Å². The summed E-state index contributed by atoms with van der Waals surface area (Å²) < 4.78 is 12.0. The predicted molar refractivity (Wildman–Crippen MR) is 106 cm³/mol. The lowest BCUT2D eigenvalue weighted by Gasteiger charge is -2.20. The van der Waals surface area contributed by atoms with Crippen LogP contribution in [0.1, 0.15) is 6.92 Å². The molecule has 0 aliphatic carbocycles. The van der Waals surface area contributed by atoms with Gasteiger partial charge in [0, 0.05) is 10.1 Å². The van der Waals surface area contributed by atoms with Gasteiger partial charge < -0.3 is 4.74 Å². The van der Waals surface area contributed by atoms with Crippen LogP contribution in [0.2, 0.25) is 0 Å². The van der Waals surface area contributed by atoms with Crippen molar-refractivity contribution in [3.63, 3.8) is 0 Å². The van der Waals surface area contributed by atoms with Crippen molar-refractivity contribution in [3.05, 3.63) is 78.9 Å². The van der Waals surface area contributed by atoms with Crippen molar-refractivity contribution in [2.75, 3.05) is 6.61 Å². The molecule has 1 unspecified atom stereocenters. The van der Waals surface area contributed by atoms with Crippen LogP contribution in [0, 0.1) is 0 Å². The topological polar surface area (TPSA) is 27.7 Å². The largest absolute Gasteiger partial charge is 0.456 e. The van der Waals surface area contributed by atoms with Crippen LogP contribution in [0.5, 0.6) is 11.5 Å². The number of rotatable bonds is 7. The highest BCUT2D eigenvalue weighted by Crippen LogP contribution is 2.26. The molecule has 3 aromatic rings. The van der Waals surface area contributed by atoms with Crippen molar-refractivity contribution in [2.24, 2.45) is 0 Å². The Morgan fingerprint density at radius 2 is 1.52 bits per heavy atom. The Balaban J connectivity index is 2.02. The van der Waals surface area contributed by atoms with Crippen LogP contribution in [-0.4, -0.2) is 15.6 Å². The molecule has 128 valence electrons. The standard InChI is InChI=1S/C20H20O3SSi/c1-2-21-23-25(17-12-7-4-8-13-17)19-15-9-14-18(24)20(19)22-16-10-5-3-6-11-16/h3-15,24-25H,2H2,1H3. The summed E-state index contributed by atoms with van der Waals surface area (Å²) >= 11 is 4.60. The molecule has 0 spiro atoms. The van der Waals surface area contributed by atoms with E-state index in [2.05, 4.69) is 24.8 Å². The number of benzene rings is 3. The molecular formula is C20H20O3SSi. The van der Waals surface area contributed by atoms with Gasteiger partial charge in [0.2, 0.25) is 0 Å². The number of hydrogen-bond acceptors (Lipinski definition) is 4. The predicted octanol–water partition coefficient (Wildman–Crippen LogP) is 3.57. The third-order valence-corrected chi connectivity index (χ3v) is 6.35. The minimum Gasteiger partial charge on any atom is -0.456 e. The Hall–Kier alpha value is -2.05. The van der Waals surface area contributed by atoms with E-state index in [-0.39, 0.29) is 0 Å². The van der Waals surface area contributed by atoms with Gasteiger partial charge in [-0.15, -0.1) is 12.6 Å². The molecule has 25 heavy (non-hydrogen) atoms. The van der Waals surface area contributed by atoms with E-state index in [9.17, 15) is 0 Å². The smallest absolute Gasteiger partial charge is 0.289 e. The summed E-state index contributed by atoms with van der Waals surface area (Å²) in [5, 5.41) is 2.11. The first kappa shape index (κ1) is 17.8. The fraction of sp³-hybridized carbons (Fsp3) is 0.100. The summed E-state index contributed by atoms with van der Waals surface area (Å²) in [4.78, 5) is 6.10. The first-order chi connectivity index (χ1) is 12.3. The van der Waals surface area contributed by atoms with Gasteiger partial charge in [-0.2, -0.15) is 0 Å². The Kier molecular flexibility index (Phi) is 6.30. The Morgan fingerprint density at radius 1 is 0.840 bits per heavy atom. The molecule has 0 saturated carbocycles. The summed E-state index contributed by atoms with van der Waals surface area (Å²) in [6, 6.07) is 25.7. The molecule has 1 atom stereocenters. The van der Waals surface area contributed by atoms with E-state index >= 15 is 0 Å². The lowest BCUT2D eigenvalue weighted by atomic mass is 10.3. The average Bonchev–Trinajstić information content (AvgIpc) is 2.66. The van der Waals surface area contributed by atoms with E-state index in [1.54, 1.807) is 0 Å². The summed E-state index contributed by atoms with van der Waals surface area (Å²) in [5.41, 5.74) is 0. The summed E-state index contributed by atoms with van der Waals surface area (Å²) in [5.74, 6) is 1.49. The van der Waals surface area contributed by atoms with Gasteiger partial charge in [-0.25, -0.2) is 4.89 Å². The van der Waals surface area contributed by atoms with Crippen molar-refractivity contribution >= 4 is 32.0 Å². The SMILES string of the molecule is CCOO[SiH](c1ccccc1)c1cccc(S)c1Oc1ccccc1. The molecule has 0 aromatic heterocycles. The van der Waals surface area contributed by atoms with Crippen molar-refractivity contribution in [1.82, 2.24) is 0 Å². The maximum absolute atomic E-state index is 6.15. The second kappa shape index (κ2) is 8.87. The molecule has 0 aliphatic rings. The Morgan fingerprint density at radius 3 is 2.20 bits per heavy atom. The maximum Gasteiger partial charge on any atom is 0.289 e. The van der Waals surface area contributed by atoms with Crippen molar-refractivity contribution in [1.29, 1.82) is 0 Å². The van der Waals surface area contributed by atoms with Gasteiger partial charge in [-0.1, -0.05) is 60.7 Å². The third-order valence-electron chi connectivity index (χ3n) is 3.65. The van der Waals surface area contributed by atoms with Gasteiger partial charge in [-0.3, -0.25) is 4.58 Å². The Bertz CT molecular complexity index is 797. The van der Waals surface area contributed by atoms with Crippen LogP contribution >= 0.6 is 12.6 Å². The quantitative estimate of drug-likeness (QED) is 0.299. The van der Waals surface area contributed by atoms with Gasteiger partial charge in [0.1, 0.15) is 11.5 Å². The molecule has 0 heterocycles. The maximum atomic E-state index is 6.15. The number of thiol groups is 1. The van der Waals surface area contributed by atoms with Gasteiger partial charge in [0.15, 0.2) is 0 Å². The van der Waals surface area contributed by atoms with E-state index < -0.39 is 9.04 Å². The molecule has 0 aliphatic heterocycles. The molecule has 0 fully saturated rings. The Labute approximate surface area is 155 Å². The van der Waals surface area contributed by atoms with Crippen LogP contribution < -0.4 is 15.1 Å². The molecule has 0 bridgehead atoms. The molecule has 0 radical (unpaired) electrons. The molecule has 5 heteroatoms. The highest BCUT2D eigenvalue weighted by atomic mass is 32.1. The monoisotopic (exact) mass is 368 g/mol. The zero-order valence-corrected chi connectivity index (χ0v) is 16.0. The highest BCUT2D eigenvalue weighted by Gasteiger charge is 2.25. The summed E-state index contributed by atoms with van der Waals surface area (Å²) in [6.07, 6.45) is 0. The molecule has 3 nitrogen and oxygen atoms in total. The molecule has 0 amide bonds. The van der Waals surface area contributed by atoms with Gasteiger partial charge in [0.05, 0.1) is 6.61 Å². The van der Waals surface area contributed by atoms with Gasteiger partial charge >= 0.3 is 0 Å². The summed E-state index contributed by atoms with van der Waals surface area (Å²) in [6.45, 7) is 2.40. The fourth-order valence-corrected chi connectivity index (χ4v) is 5.06. The zero-order valence-electron chi connectivity index (χ0n) is 14.0. The third kappa shape index (κ3) is 4.52. The molecule has 0 N–H and O–H groups in total. The van der Waals surface area contributed by atoms with Crippen molar-refractivity contribution in [2.45, 2.75) is 11.8 Å². The first-order valence-corrected chi connectivity index (χ1v) is 10.2. The van der Waals surface area contributed by atoms with Gasteiger partial charge in [0.25, 0.3) is 9.04 Å². The van der Waals surface area contributed by atoms with Crippen LogP contribution in [0.15, 0.2) is 83.8 Å². The van der Waals surface area contributed by atoms with Crippen LogP contribution in [0.3, 0.4) is 0 Å². The molecule has 0 saturated heterocycles. The molecular weight excluding hydrogens is 348 g/mol. The van der Waals surface area contributed by atoms with Crippen molar-refractivity contribution in [3.8, 4) is 11.5 Å². The van der Waals surface area contributed by atoms with E-state index in [0.29, 0.717) is 6.61 Å². The highest BCUT2D eigenvalue weighted by molar-refractivity contribution is 7.80. The average molecular weight is 369 g/mol. The van der Waals surface area contributed by atoms with Crippen LogP contribution in [0.4, 0.5) is 0 Å². The lowest BCUT2D eigenvalue weighted by Crippen LogP contribution is -2.45. The fourth-order valence-electron chi connectivity index (χ4n) is 2.52. The first-order valence-electron chi connectivity index (χ1n) is 8.17. The van der Waals surface area contributed by atoms with E-state index in [0.717, 1.165) is 26.8 Å². The number of ether oxygens (including phenoxy) is 1. The van der Waals surface area contributed by atoms with Crippen molar-refractivity contribution < 1.29 is 14.2 Å². The van der Waals surface area contributed by atoms with E-state index in [1.165, 1.54) is 0 Å². The second-order valence-electron chi connectivity index (χ2n) is 5.40. The van der Waals surface area contributed by atoms with E-state index in [1.807, 2.05) is 73.7 Å². The zero-order chi connectivity index (χ0) is 17.5. The number of para-hydroxylation sites is 2. The van der Waals surface area contributed by atoms with Crippen LogP contribution in [-0.2, 0) is 9.46 Å². The second-order valence-corrected chi connectivity index (χ2v) is 8.13. The van der Waals surface area contributed by atoms with Gasteiger partial charge in [-0.05, 0) is 30.3 Å².